The SMILES string of the molecule is CCCN(Cc1ccccn1)C(=O)Cn1c(SCc2cccc(F)c2F)cc(=O)c2ccccc21. The molecule has 180 valence electrons. The van der Waals surface area contributed by atoms with Crippen molar-refractivity contribution >= 4 is 28.6 Å². The van der Waals surface area contributed by atoms with E-state index in [1.165, 1.54) is 30.0 Å². The Hall–Kier alpha value is -3.52. The highest BCUT2D eigenvalue weighted by molar-refractivity contribution is 7.98. The lowest BCUT2D eigenvalue weighted by molar-refractivity contribution is -0.132. The van der Waals surface area contributed by atoms with Gasteiger partial charge in [0.1, 0.15) is 6.54 Å². The Morgan fingerprint density at radius 3 is 2.63 bits per heavy atom. The van der Waals surface area contributed by atoms with Gasteiger partial charge in [-0.2, -0.15) is 0 Å². The first-order valence-corrected chi connectivity index (χ1v) is 12.3. The van der Waals surface area contributed by atoms with Gasteiger partial charge in [-0.05, 0) is 36.8 Å². The van der Waals surface area contributed by atoms with Crippen molar-refractivity contribution in [2.24, 2.45) is 0 Å². The summed E-state index contributed by atoms with van der Waals surface area (Å²) in [7, 11) is 0. The highest BCUT2D eigenvalue weighted by atomic mass is 32.2. The van der Waals surface area contributed by atoms with E-state index in [1.54, 1.807) is 39.9 Å². The minimum absolute atomic E-state index is 0.00158. The number of halogens is 2. The molecular weight excluding hydrogens is 468 g/mol. The first-order valence-electron chi connectivity index (χ1n) is 11.3. The summed E-state index contributed by atoms with van der Waals surface area (Å²) in [6.07, 6.45) is 2.48. The molecule has 0 aliphatic rings. The predicted molar refractivity (Wildman–Crippen MR) is 134 cm³/mol. The minimum atomic E-state index is -0.918. The Labute approximate surface area is 206 Å². The molecule has 5 nitrogen and oxygen atoms in total. The summed E-state index contributed by atoms with van der Waals surface area (Å²) < 4.78 is 29.7. The number of nitrogens with zero attached hydrogens (tertiary/aromatic N) is 3. The number of hydrogen-bond donors (Lipinski definition) is 0. The molecule has 2 aromatic carbocycles. The Bertz CT molecular complexity index is 1390. The maximum Gasteiger partial charge on any atom is 0.242 e. The van der Waals surface area contributed by atoms with Crippen molar-refractivity contribution in [2.75, 3.05) is 6.54 Å². The number of hydrogen-bond acceptors (Lipinski definition) is 4. The van der Waals surface area contributed by atoms with Gasteiger partial charge >= 0.3 is 0 Å². The van der Waals surface area contributed by atoms with Crippen molar-refractivity contribution < 1.29 is 13.6 Å². The monoisotopic (exact) mass is 493 g/mol. The summed E-state index contributed by atoms with van der Waals surface area (Å²) in [6.45, 7) is 2.94. The van der Waals surface area contributed by atoms with E-state index in [0.717, 1.165) is 18.2 Å². The Morgan fingerprint density at radius 1 is 1.06 bits per heavy atom. The molecule has 0 radical (unpaired) electrons. The first-order chi connectivity index (χ1) is 17.0. The van der Waals surface area contributed by atoms with Crippen LogP contribution < -0.4 is 5.43 Å². The number of amides is 1. The van der Waals surface area contributed by atoms with Gasteiger partial charge in [0.15, 0.2) is 17.1 Å². The van der Waals surface area contributed by atoms with Crippen LogP contribution >= 0.6 is 11.8 Å². The molecule has 0 fully saturated rings. The van der Waals surface area contributed by atoms with Crippen molar-refractivity contribution in [1.82, 2.24) is 14.5 Å². The molecule has 8 heteroatoms. The molecular formula is C27H25F2N3O2S. The second kappa shape index (κ2) is 11.3. The summed E-state index contributed by atoms with van der Waals surface area (Å²) in [5.74, 6) is -1.83. The number of aromatic nitrogens is 2. The number of thioether (sulfide) groups is 1. The van der Waals surface area contributed by atoms with E-state index in [0.29, 0.717) is 29.0 Å². The molecule has 2 heterocycles. The summed E-state index contributed by atoms with van der Waals surface area (Å²) in [5.41, 5.74) is 1.40. The van der Waals surface area contributed by atoms with Crippen molar-refractivity contribution in [3.05, 3.63) is 106 Å². The molecule has 0 bridgehead atoms. The number of fused-ring (bicyclic) bond motifs is 1. The second-order valence-electron chi connectivity index (χ2n) is 8.09. The molecule has 2 aromatic heterocycles. The van der Waals surface area contributed by atoms with Crippen LogP contribution in [0.1, 0.15) is 24.6 Å². The van der Waals surface area contributed by atoms with E-state index in [1.807, 2.05) is 25.1 Å². The zero-order valence-corrected chi connectivity index (χ0v) is 20.1. The zero-order valence-electron chi connectivity index (χ0n) is 19.3. The van der Waals surface area contributed by atoms with Crippen LogP contribution in [0.15, 0.2) is 82.7 Å². The van der Waals surface area contributed by atoms with Crippen LogP contribution in [0.2, 0.25) is 0 Å². The number of rotatable bonds is 9. The third-order valence-corrected chi connectivity index (χ3v) is 6.70. The molecule has 0 N–H and O–H groups in total. The number of benzene rings is 2. The zero-order chi connectivity index (χ0) is 24.8. The van der Waals surface area contributed by atoms with E-state index in [4.69, 9.17) is 0 Å². The van der Waals surface area contributed by atoms with Gasteiger partial charge in [-0.15, -0.1) is 11.8 Å². The molecule has 4 rings (SSSR count). The summed E-state index contributed by atoms with van der Waals surface area (Å²) in [5, 5.41) is 1.01. The highest BCUT2D eigenvalue weighted by Crippen LogP contribution is 2.27. The lowest BCUT2D eigenvalue weighted by Crippen LogP contribution is -2.35. The average Bonchev–Trinajstić information content (AvgIpc) is 2.87. The van der Waals surface area contributed by atoms with Crippen LogP contribution in [0.25, 0.3) is 10.9 Å². The third kappa shape index (κ3) is 5.77. The van der Waals surface area contributed by atoms with Gasteiger partial charge in [0, 0.05) is 35.5 Å². The van der Waals surface area contributed by atoms with E-state index in [9.17, 15) is 18.4 Å². The van der Waals surface area contributed by atoms with Crippen LogP contribution in [0.3, 0.4) is 0 Å². The first kappa shape index (κ1) is 24.6. The summed E-state index contributed by atoms with van der Waals surface area (Å²) >= 11 is 1.20. The van der Waals surface area contributed by atoms with Crippen LogP contribution in [0, 0.1) is 11.6 Å². The van der Waals surface area contributed by atoms with Gasteiger partial charge < -0.3 is 9.47 Å². The number of pyridine rings is 2. The molecule has 4 aromatic rings. The fraction of sp³-hybridized carbons (Fsp3) is 0.222. The van der Waals surface area contributed by atoms with E-state index in [-0.39, 0.29) is 29.2 Å². The molecule has 1 amide bonds. The lowest BCUT2D eigenvalue weighted by Gasteiger charge is -2.24. The predicted octanol–water partition coefficient (Wildman–Crippen LogP) is 5.41. The highest BCUT2D eigenvalue weighted by Gasteiger charge is 2.19. The smallest absolute Gasteiger partial charge is 0.242 e. The maximum atomic E-state index is 14.2. The standard InChI is InChI=1S/C27H25F2N3O2S/c1-2-14-31(16-20-9-5-6-13-30-20)25(34)17-32-23-12-4-3-10-21(23)24(33)15-26(32)35-18-19-8-7-11-22(28)27(19)29/h3-13,15H,2,14,16-18H2,1H3. The van der Waals surface area contributed by atoms with E-state index >= 15 is 0 Å². The van der Waals surface area contributed by atoms with Crippen molar-refractivity contribution in [2.45, 2.75) is 37.2 Å². The van der Waals surface area contributed by atoms with Gasteiger partial charge in [-0.1, -0.05) is 37.3 Å². The quantitative estimate of drug-likeness (QED) is 0.293. The molecule has 0 unspecified atom stereocenters. The summed E-state index contributed by atoms with van der Waals surface area (Å²) in [4.78, 5) is 32.3. The third-order valence-electron chi connectivity index (χ3n) is 5.61. The molecule has 35 heavy (non-hydrogen) atoms. The maximum absolute atomic E-state index is 14.2. The molecule has 0 saturated carbocycles. The summed E-state index contributed by atoms with van der Waals surface area (Å²) in [6, 6.07) is 18.2. The van der Waals surface area contributed by atoms with Crippen molar-refractivity contribution in [3.8, 4) is 0 Å². The molecule has 0 spiro atoms. The topological polar surface area (TPSA) is 55.2 Å². The van der Waals surface area contributed by atoms with Crippen molar-refractivity contribution in [3.63, 3.8) is 0 Å². The number of carbonyl (C=O) groups excluding carboxylic acids is 1. The fourth-order valence-electron chi connectivity index (χ4n) is 3.88. The normalized spacial score (nSPS) is 11.1. The van der Waals surface area contributed by atoms with Crippen molar-refractivity contribution in [1.29, 1.82) is 0 Å². The van der Waals surface area contributed by atoms with Gasteiger partial charge in [-0.25, -0.2) is 8.78 Å². The number of carbonyl (C=O) groups is 1. The second-order valence-corrected chi connectivity index (χ2v) is 9.08. The van der Waals surface area contributed by atoms with Gasteiger partial charge in [0.2, 0.25) is 5.91 Å². The average molecular weight is 494 g/mol. The molecule has 0 atom stereocenters. The largest absolute Gasteiger partial charge is 0.335 e. The molecule has 0 saturated heterocycles. The molecule has 0 aliphatic carbocycles. The van der Waals surface area contributed by atoms with Gasteiger partial charge in [0.25, 0.3) is 0 Å². The molecule has 0 aliphatic heterocycles. The van der Waals surface area contributed by atoms with E-state index in [2.05, 4.69) is 4.98 Å². The van der Waals surface area contributed by atoms with Crippen LogP contribution in [-0.4, -0.2) is 26.9 Å². The Morgan fingerprint density at radius 2 is 1.86 bits per heavy atom. The van der Waals surface area contributed by atoms with Gasteiger partial charge in [-0.3, -0.25) is 14.6 Å². The van der Waals surface area contributed by atoms with E-state index < -0.39 is 11.6 Å². The Balaban J connectivity index is 1.67. The fourth-order valence-corrected chi connectivity index (χ4v) is 4.92. The van der Waals surface area contributed by atoms with Crippen LogP contribution in [-0.2, 0) is 23.6 Å². The van der Waals surface area contributed by atoms with Crippen LogP contribution in [0.5, 0.6) is 0 Å². The van der Waals surface area contributed by atoms with Crippen LogP contribution in [0.4, 0.5) is 8.78 Å². The lowest BCUT2D eigenvalue weighted by atomic mass is 10.2. The minimum Gasteiger partial charge on any atom is -0.335 e. The number of para-hydroxylation sites is 1. The van der Waals surface area contributed by atoms with Gasteiger partial charge in [0.05, 0.1) is 22.8 Å². The Kier molecular flexibility index (Phi) is 7.92.